The van der Waals surface area contributed by atoms with Crippen molar-refractivity contribution >= 4 is 11.6 Å². The average Bonchev–Trinajstić information content (AvgIpc) is 2.95. The molecule has 0 unspecified atom stereocenters. The molecule has 0 atom stereocenters. The first-order chi connectivity index (χ1) is 22.6. The summed E-state index contributed by atoms with van der Waals surface area (Å²) in [6, 6.07) is 11.2. The summed E-state index contributed by atoms with van der Waals surface area (Å²) in [7, 11) is 0. The van der Waals surface area contributed by atoms with Crippen molar-refractivity contribution in [2.45, 2.75) is 154 Å². The molecule has 0 N–H and O–H groups in total. The second-order valence-electron chi connectivity index (χ2n) is 16.9. The Morgan fingerprint density at radius 2 is 0.706 bits per heavy atom. The Bertz CT molecular complexity index is 1560. The SMILES string of the molecule is C.CC(=O)c1ccnc(C(C)(C)C)c1.CC(=O)c1ccnc(C(C)(C)C)c1.Cc1cc(C)nc(C(C)(C)C)n1.Cc1cc(C)nc(C(C)(C)C)n1. The number of aromatic nitrogens is 6. The van der Waals surface area contributed by atoms with Crippen LogP contribution in [0.3, 0.4) is 0 Å². The van der Waals surface area contributed by atoms with E-state index in [2.05, 4.69) is 113 Å². The van der Waals surface area contributed by atoms with Crippen LogP contribution in [0, 0.1) is 27.7 Å². The zero-order valence-corrected chi connectivity index (χ0v) is 34.1. The number of carbonyl (C=O) groups excluding carboxylic acids is 2. The summed E-state index contributed by atoms with van der Waals surface area (Å²) >= 11 is 0. The summed E-state index contributed by atoms with van der Waals surface area (Å²) in [5.74, 6) is 2.04. The van der Waals surface area contributed by atoms with Gasteiger partial charge in [0.2, 0.25) is 0 Å². The molecule has 0 aromatic carbocycles. The monoisotopic (exact) mass is 699 g/mol. The van der Waals surface area contributed by atoms with E-state index >= 15 is 0 Å². The number of hydrogen-bond acceptors (Lipinski definition) is 8. The summed E-state index contributed by atoms with van der Waals surface area (Å²) < 4.78 is 0. The highest BCUT2D eigenvalue weighted by Gasteiger charge is 2.19. The third kappa shape index (κ3) is 17.0. The highest BCUT2D eigenvalue weighted by atomic mass is 16.1. The van der Waals surface area contributed by atoms with Gasteiger partial charge in [0.15, 0.2) is 11.6 Å². The van der Waals surface area contributed by atoms with E-state index in [-0.39, 0.29) is 40.7 Å². The number of carbonyl (C=O) groups is 2. The standard InChI is InChI=1S/2C11H15NO.2C10H16N2.CH4/c2*1-8(13)9-5-6-12-10(7-9)11(2,3)4;2*1-7-6-8(2)12-9(11-7)10(3,4)5;/h2*5-7H,1-4H3;2*6H,1-5H3;1H4. The van der Waals surface area contributed by atoms with Crippen LogP contribution in [0.25, 0.3) is 0 Å². The first kappa shape index (κ1) is 46.8. The van der Waals surface area contributed by atoms with Crippen molar-refractivity contribution in [1.29, 1.82) is 0 Å². The largest absolute Gasteiger partial charge is 0.295 e. The molecule has 4 aromatic heterocycles. The molecule has 4 heterocycles. The highest BCUT2D eigenvalue weighted by Crippen LogP contribution is 2.22. The van der Waals surface area contributed by atoms with Gasteiger partial charge in [-0.2, -0.15) is 0 Å². The molecule has 0 radical (unpaired) electrons. The van der Waals surface area contributed by atoms with Gasteiger partial charge in [0.25, 0.3) is 0 Å². The van der Waals surface area contributed by atoms with Crippen LogP contribution in [0.15, 0.2) is 48.8 Å². The van der Waals surface area contributed by atoms with Gasteiger partial charge in [-0.25, -0.2) is 19.9 Å². The third-order valence-corrected chi connectivity index (χ3v) is 7.18. The molecule has 4 aromatic rings. The molecular formula is C43H66N6O2. The number of pyridine rings is 2. The van der Waals surface area contributed by atoms with Crippen LogP contribution in [-0.2, 0) is 21.7 Å². The van der Waals surface area contributed by atoms with Crippen molar-refractivity contribution in [3.05, 3.63) is 106 Å². The molecule has 0 saturated heterocycles. The van der Waals surface area contributed by atoms with E-state index in [9.17, 15) is 9.59 Å². The van der Waals surface area contributed by atoms with Gasteiger partial charge in [0, 0.05) is 79.3 Å². The molecule has 0 aliphatic carbocycles. The predicted molar refractivity (Wildman–Crippen MR) is 213 cm³/mol. The fourth-order valence-electron chi connectivity index (χ4n) is 4.24. The van der Waals surface area contributed by atoms with Crippen molar-refractivity contribution in [3.8, 4) is 0 Å². The maximum Gasteiger partial charge on any atom is 0.159 e. The van der Waals surface area contributed by atoms with Crippen molar-refractivity contribution in [1.82, 2.24) is 29.9 Å². The Morgan fingerprint density at radius 3 is 0.902 bits per heavy atom. The second-order valence-corrected chi connectivity index (χ2v) is 16.9. The van der Waals surface area contributed by atoms with Gasteiger partial charge in [-0.1, -0.05) is 90.5 Å². The molecule has 8 heteroatoms. The Labute approximate surface area is 309 Å². The Morgan fingerprint density at radius 1 is 0.451 bits per heavy atom. The molecule has 0 aliphatic heterocycles. The topological polar surface area (TPSA) is 111 Å². The Hall–Kier alpha value is -4.20. The molecule has 0 aliphatic rings. The van der Waals surface area contributed by atoms with Gasteiger partial charge in [-0.05, 0) is 77.9 Å². The second kappa shape index (κ2) is 18.9. The lowest BCUT2D eigenvalue weighted by Gasteiger charge is -2.17. The van der Waals surface area contributed by atoms with Gasteiger partial charge in [0.1, 0.15) is 11.6 Å². The molecule has 280 valence electrons. The van der Waals surface area contributed by atoms with Crippen molar-refractivity contribution in [2.24, 2.45) is 0 Å². The summed E-state index contributed by atoms with van der Waals surface area (Å²) in [5.41, 5.74) is 7.70. The van der Waals surface area contributed by atoms with Crippen molar-refractivity contribution in [2.75, 3.05) is 0 Å². The third-order valence-electron chi connectivity index (χ3n) is 7.18. The average molecular weight is 699 g/mol. The normalized spacial score (nSPS) is 11.3. The molecule has 0 bridgehead atoms. The minimum atomic E-state index is 0. The fourth-order valence-corrected chi connectivity index (χ4v) is 4.24. The lowest BCUT2D eigenvalue weighted by molar-refractivity contribution is 0.100. The van der Waals surface area contributed by atoms with E-state index in [0.29, 0.717) is 0 Å². The van der Waals surface area contributed by atoms with Gasteiger partial charge >= 0.3 is 0 Å². The molecular weight excluding hydrogens is 633 g/mol. The van der Waals surface area contributed by atoms with Crippen molar-refractivity contribution < 1.29 is 9.59 Å². The van der Waals surface area contributed by atoms with Crippen LogP contribution < -0.4 is 0 Å². The van der Waals surface area contributed by atoms with E-state index in [1.807, 2.05) is 52.0 Å². The van der Waals surface area contributed by atoms with E-state index in [4.69, 9.17) is 0 Å². The predicted octanol–water partition coefficient (Wildman–Crippen LogP) is 10.6. The fraction of sp³-hybridized carbons (Fsp3) is 0.535. The number of hydrogen-bond donors (Lipinski definition) is 0. The maximum absolute atomic E-state index is 11.1. The molecule has 51 heavy (non-hydrogen) atoms. The quantitative estimate of drug-likeness (QED) is 0.190. The lowest BCUT2D eigenvalue weighted by atomic mass is 9.90. The molecule has 0 spiro atoms. The van der Waals surface area contributed by atoms with Gasteiger partial charge in [-0.15, -0.1) is 0 Å². The Kier molecular flexibility index (Phi) is 17.3. The molecule has 0 amide bonds. The van der Waals surface area contributed by atoms with E-state index < -0.39 is 0 Å². The Balaban J connectivity index is 0.000000650. The van der Waals surface area contributed by atoms with Crippen molar-refractivity contribution in [3.63, 3.8) is 0 Å². The van der Waals surface area contributed by atoms with Crippen LogP contribution in [-0.4, -0.2) is 41.5 Å². The number of ketones is 2. The smallest absolute Gasteiger partial charge is 0.159 e. The van der Waals surface area contributed by atoms with Gasteiger partial charge in [-0.3, -0.25) is 19.6 Å². The maximum atomic E-state index is 11.1. The van der Waals surface area contributed by atoms with Gasteiger partial charge in [0.05, 0.1) is 0 Å². The number of nitrogens with zero attached hydrogens (tertiary/aromatic N) is 6. The summed E-state index contributed by atoms with van der Waals surface area (Å²) in [4.78, 5) is 48.3. The van der Waals surface area contributed by atoms with Crippen LogP contribution in [0.1, 0.15) is 171 Å². The van der Waals surface area contributed by atoms with E-state index in [0.717, 1.165) is 56.9 Å². The number of rotatable bonds is 2. The zero-order chi connectivity index (χ0) is 38.8. The highest BCUT2D eigenvalue weighted by molar-refractivity contribution is 5.94. The van der Waals surface area contributed by atoms with Gasteiger partial charge < -0.3 is 0 Å². The van der Waals surface area contributed by atoms with Crippen LogP contribution in [0.4, 0.5) is 0 Å². The number of Topliss-reactive ketones (excluding diaryl/α,β-unsaturated/α-hetero) is 2. The minimum absolute atomic E-state index is 0. The zero-order valence-electron chi connectivity index (χ0n) is 34.1. The van der Waals surface area contributed by atoms with E-state index in [1.165, 1.54) is 0 Å². The number of aryl methyl sites for hydroxylation is 4. The summed E-state index contributed by atoms with van der Waals surface area (Å²) in [6.45, 7) is 36.4. The lowest BCUT2D eigenvalue weighted by Crippen LogP contribution is -2.17. The molecule has 0 saturated carbocycles. The summed E-state index contributed by atoms with van der Waals surface area (Å²) in [6.07, 6.45) is 3.38. The first-order valence-corrected chi connectivity index (χ1v) is 17.2. The molecule has 4 rings (SSSR count). The van der Waals surface area contributed by atoms with E-state index in [1.54, 1.807) is 38.4 Å². The molecule has 8 nitrogen and oxygen atoms in total. The summed E-state index contributed by atoms with van der Waals surface area (Å²) in [5, 5.41) is 0. The van der Waals surface area contributed by atoms with Crippen LogP contribution >= 0.6 is 0 Å². The molecule has 0 fully saturated rings. The first-order valence-electron chi connectivity index (χ1n) is 17.2. The van der Waals surface area contributed by atoms with Crippen LogP contribution in [0.2, 0.25) is 0 Å². The minimum Gasteiger partial charge on any atom is -0.295 e. The van der Waals surface area contributed by atoms with Crippen LogP contribution in [0.5, 0.6) is 0 Å².